The number of carbonyl (C=O) groups excluding carboxylic acids is 1. The molecule has 0 aliphatic carbocycles. The van der Waals surface area contributed by atoms with E-state index in [-0.39, 0.29) is 12.5 Å². The van der Waals surface area contributed by atoms with Crippen LogP contribution in [0, 0.1) is 6.92 Å². The first kappa shape index (κ1) is 13.0. The molecule has 0 radical (unpaired) electrons. The summed E-state index contributed by atoms with van der Waals surface area (Å²) in [4.78, 5) is 19.6. The number of carbonyl (C=O) groups is 1. The van der Waals surface area contributed by atoms with Crippen molar-refractivity contribution in [3.63, 3.8) is 0 Å². The standard InChI is InChI=1S/C13H19N3O2/c1-11-2-3-12(8-14-11)9-15-4-6-16(7-5-15)13(18)10-17/h2-3,8,17H,4-7,9-10H2,1H3. The molecular formula is C13H19N3O2. The Morgan fingerprint density at radius 1 is 1.33 bits per heavy atom. The molecule has 0 bridgehead atoms. The van der Waals surface area contributed by atoms with Gasteiger partial charge in [-0.2, -0.15) is 0 Å². The second-order valence-corrected chi connectivity index (χ2v) is 4.62. The van der Waals surface area contributed by atoms with Crippen molar-refractivity contribution in [2.75, 3.05) is 32.8 Å². The zero-order valence-corrected chi connectivity index (χ0v) is 10.7. The third-order valence-corrected chi connectivity index (χ3v) is 3.24. The normalized spacial score (nSPS) is 16.9. The van der Waals surface area contributed by atoms with Gasteiger partial charge in [-0.1, -0.05) is 6.07 Å². The van der Waals surface area contributed by atoms with E-state index in [0.29, 0.717) is 13.1 Å². The summed E-state index contributed by atoms with van der Waals surface area (Å²) in [5.41, 5.74) is 2.22. The van der Waals surface area contributed by atoms with E-state index in [2.05, 4.69) is 16.0 Å². The van der Waals surface area contributed by atoms with Crippen LogP contribution in [0.3, 0.4) is 0 Å². The van der Waals surface area contributed by atoms with Gasteiger partial charge in [0.15, 0.2) is 0 Å². The topological polar surface area (TPSA) is 56.7 Å². The smallest absolute Gasteiger partial charge is 0.248 e. The first-order valence-electron chi connectivity index (χ1n) is 6.21. The molecule has 1 fully saturated rings. The van der Waals surface area contributed by atoms with Crippen molar-refractivity contribution in [3.8, 4) is 0 Å². The van der Waals surface area contributed by atoms with Gasteiger partial charge in [-0.15, -0.1) is 0 Å². The Hall–Kier alpha value is -1.46. The Morgan fingerprint density at radius 3 is 2.61 bits per heavy atom. The van der Waals surface area contributed by atoms with Crippen LogP contribution in [-0.2, 0) is 11.3 Å². The molecule has 0 aromatic carbocycles. The summed E-state index contributed by atoms with van der Waals surface area (Å²) in [6, 6.07) is 4.11. The van der Waals surface area contributed by atoms with Crippen LogP contribution in [0.5, 0.6) is 0 Å². The molecule has 0 spiro atoms. The fraction of sp³-hybridized carbons (Fsp3) is 0.538. The van der Waals surface area contributed by atoms with Crippen LogP contribution in [-0.4, -0.2) is 58.6 Å². The number of hydrogen-bond donors (Lipinski definition) is 1. The lowest BCUT2D eigenvalue weighted by atomic mass is 10.2. The average molecular weight is 249 g/mol. The quantitative estimate of drug-likeness (QED) is 0.821. The second-order valence-electron chi connectivity index (χ2n) is 4.62. The van der Waals surface area contributed by atoms with Gasteiger partial charge in [0.2, 0.25) is 5.91 Å². The lowest BCUT2D eigenvalue weighted by molar-refractivity contribution is -0.135. The van der Waals surface area contributed by atoms with Gasteiger partial charge in [0.05, 0.1) is 0 Å². The maximum absolute atomic E-state index is 11.3. The third-order valence-electron chi connectivity index (χ3n) is 3.24. The highest BCUT2D eigenvalue weighted by molar-refractivity contribution is 5.77. The van der Waals surface area contributed by atoms with E-state index in [1.807, 2.05) is 19.2 Å². The molecule has 0 unspecified atom stereocenters. The largest absolute Gasteiger partial charge is 0.387 e. The lowest BCUT2D eigenvalue weighted by Crippen LogP contribution is -2.49. The predicted octanol–water partition coefficient (Wildman–Crippen LogP) is 0.0265. The van der Waals surface area contributed by atoms with E-state index in [9.17, 15) is 4.79 Å². The zero-order valence-electron chi connectivity index (χ0n) is 10.7. The molecule has 0 atom stereocenters. The molecule has 1 amide bonds. The number of aliphatic hydroxyl groups is 1. The van der Waals surface area contributed by atoms with E-state index >= 15 is 0 Å². The Balaban J connectivity index is 1.83. The molecule has 0 saturated carbocycles. The van der Waals surface area contributed by atoms with E-state index in [4.69, 9.17) is 5.11 Å². The van der Waals surface area contributed by atoms with Crippen molar-refractivity contribution in [1.29, 1.82) is 0 Å². The number of rotatable bonds is 3. The summed E-state index contributed by atoms with van der Waals surface area (Å²) in [7, 11) is 0. The van der Waals surface area contributed by atoms with Crippen molar-refractivity contribution in [2.24, 2.45) is 0 Å². The Kier molecular flexibility index (Phi) is 4.28. The fourth-order valence-electron chi connectivity index (χ4n) is 2.11. The number of amides is 1. The van der Waals surface area contributed by atoms with Gasteiger partial charge in [-0.3, -0.25) is 14.7 Å². The Labute approximate surface area is 107 Å². The first-order chi connectivity index (χ1) is 8.69. The van der Waals surface area contributed by atoms with Gasteiger partial charge >= 0.3 is 0 Å². The molecule has 2 heterocycles. The molecule has 1 aromatic rings. The van der Waals surface area contributed by atoms with Crippen LogP contribution in [0.1, 0.15) is 11.3 Å². The van der Waals surface area contributed by atoms with E-state index in [1.165, 1.54) is 5.56 Å². The minimum Gasteiger partial charge on any atom is -0.387 e. The third kappa shape index (κ3) is 3.27. The second kappa shape index (κ2) is 5.93. The number of aryl methyl sites for hydroxylation is 1. The molecular weight excluding hydrogens is 230 g/mol. The van der Waals surface area contributed by atoms with Gasteiger partial charge in [-0.05, 0) is 18.6 Å². The van der Waals surface area contributed by atoms with E-state index in [1.54, 1.807) is 4.90 Å². The lowest BCUT2D eigenvalue weighted by Gasteiger charge is -2.34. The van der Waals surface area contributed by atoms with Crippen LogP contribution in [0.2, 0.25) is 0 Å². The molecule has 1 saturated heterocycles. The number of aromatic nitrogens is 1. The van der Waals surface area contributed by atoms with Gasteiger partial charge in [-0.25, -0.2) is 0 Å². The fourth-order valence-corrected chi connectivity index (χ4v) is 2.11. The summed E-state index contributed by atoms with van der Waals surface area (Å²) in [6.07, 6.45) is 1.90. The van der Waals surface area contributed by atoms with Crippen molar-refractivity contribution >= 4 is 5.91 Å². The van der Waals surface area contributed by atoms with Crippen molar-refractivity contribution in [2.45, 2.75) is 13.5 Å². The Morgan fingerprint density at radius 2 is 2.06 bits per heavy atom. The van der Waals surface area contributed by atoms with Crippen LogP contribution in [0.15, 0.2) is 18.3 Å². The van der Waals surface area contributed by atoms with Gasteiger partial charge in [0.25, 0.3) is 0 Å². The predicted molar refractivity (Wildman–Crippen MR) is 67.9 cm³/mol. The number of aliphatic hydroxyl groups excluding tert-OH is 1. The summed E-state index contributed by atoms with van der Waals surface area (Å²) in [5.74, 6) is -0.174. The number of hydrogen-bond acceptors (Lipinski definition) is 4. The maximum Gasteiger partial charge on any atom is 0.248 e. The molecule has 2 rings (SSSR count). The van der Waals surface area contributed by atoms with Gasteiger partial charge < -0.3 is 10.0 Å². The molecule has 5 heteroatoms. The SMILES string of the molecule is Cc1ccc(CN2CCN(C(=O)CO)CC2)cn1. The van der Waals surface area contributed by atoms with Crippen LogP contribution < -0.4 is 0 Å². The maximum atomic E-state index is 11.3. The summed E-state index contributed by atoms with van der Waals surface area (Å²) in [6.45, 7) is 5.54. The van der Waals surface area contributed by atoms with Gasteiger partial charge in [0, 0.05) is 44.6 Å². The van der Waals surface area contributed by atoms with E-state index < -0.39 is 0 Å². The van der Waals surface area contributed by atoms with Crippen molar-refractivity contribution < 1.29 is 9.90 Å². The highest BCUT2D eigenvalue weighted by atomic mass is 16.3. The van der Waals surface area contributed by atoms with Crippen LogP contribution >= 0.6 is 0 Å². The summed E-state index contributed by atoms with van der Waals surface area (Å²) in [5, 5.41) is 8.80. The molecule has 5 nitrogen and oxygen atoms in total. The number of piperazine rings is 1. The molecule has 1 N–H and O–H groups in total. The number of nitrogens with zero attached hydrogens (tertiary/aromatic N) is 3. The highest BCUT2D eigenvalue weighted by Gasteiger charge is 2.20. The van der Waals surface area contributed by atoms with Crippen LogP contribution in [0.4, 0.5) is 0 Å². The minimum absolute atomic E-state index is 0.174. The molecule has 1 aromatic heterocycles. The molecule has 1 aliphatic rings. The summed E-state index contributed by atoms with van der Waals surface area (Å²) < 4.78 is 0. The van der Waals surface area contributed by atoms with E-state index in [0.717, 1.165) is 25.3 Å². The highest BCUT2D eigenvalue weighted by Crippen LogP contribution is 2.08. The van der Waals surface area contributed by atoms with Crippen molar-refractivity contribution in [1.82, 2.24) is 14.8 Å². The Bertz CT molecular complexity index is 397. The minimum atomic E-state index is -0.387. The van der Waals surface area contributed by atoms with Crippen LogP contribution in [0.25, 0.3) is 0 Å². The molecule has 98 valence electrons. The first-order valence-corrected chi connectivity index (χ1v) is 6.21. The number of pyridine rings is 1. The molecule has 1 aliphatic heterocycles. The zero-order chi connectivity index (χ0) is 13.0. The monoisotopic (exact) mass is 249 g/mol. The summed E-state index contributed by atoms with van der Waals surface area (Å²) >= 11 is 0. The molecule has 18 heavy (non-hydrogen) atoms. The van der Waals surface area contributed by atoms with Gasteiger partial charge in [0.1, 0.15) is 6.61 Å². The average Bonchev–Trinajstić information content (AvgIpc) is 2.41. The van der Waals surface area contributed by atoms with Crippen molar-refractivity contribution in [3.05, 3.63) is 29.6 Å².